The average molecular weight is 486 g/mol. The zero-order chi connectivity index (χ0) is 23.5. The highest BCUT2D eigenvalue weighted by molar-refractivity contribution is 8.02. The predicted octanol–water partition coefficient (Wildman–Crippen LogP) is 2.84. The molecule has 2 saturated heterocycles. The number of thioether (sulfide) groups is 1. The van der Waals surface area contributed by atoms with E-state index in [4.69, 9.17) is 14.2 Å². The van der Waals surface area contributed by atoms with Gasteiger partial charge in [-0.3, -0.25) is 4.79 Å². The van der Waals surface area contributed by atoms with Gasteiger partial charge in [0.15, 0.2) is 5.60 Å². The smallest absolute Gasteiger partial charge is 0.201 e. The van der Waals surface area contributed by atoms with Crippen LogP contribution in [-0.4, -0.2) is 64.0 Å². The molecule has 3 atom stereocenters. The number of anilines is 1. The van der Waals surface area contributed by atoms with Crippen molar-refractivity contribution in [2.45, 2.75) is 17.1 Å². The van der Waals surface area contributed by atoms with Crippen LogP contribution in [0.2, 0.25) is 0 Å². The number of hydrogen-bond acceptors (Lipinski definition) is 8. The molecule has 0 spiro atoms. The summed E-state index contributed by atoms with van der Waals surface area (Å²) in [5.41, 5.74) is 1.00. The van der Waals surface area contributed by atoms with Gasteiger partial charge in [0, 0.05) is 26.2 Å². The van der Waals surface area contributed by atoms with E-state index in [0.29, 0.717) is 50.8 Å². The second-order valence-corrected chi connectivity index (χ2v) is 9.32. The molecule has 0 aliphatic carbocycles. The van der Waals surface area contributed by atoms with Crippen LogP contribution in [0.3, 0.4) is 0 Å². The zero-order valence-electron chi connectivity index (χ0n) is 19.0. The number of carbonyl (C=O) groups excluding carboxylic acids is 1. The number of morpholine rings is 2. The first-order valence-corrected chi connectivity index (χ1v) is 12.3. The fourth-order valence-corrected chi connectivity index (χ4v) is 5.91. The number of nitrogens with zero attached hydrogens (tertiary/aromatic N) is 1. The van der Waals surface area contributed by atoms with Crippen molar-refractivity contribution in [2.75, 3.05) is 51.4 Å². The summed E-state index contributed by atoms with van der Waals surface area (Å²) in [7, 11) is 1.61. The first-order valence-electron chi connectivity index (χ1n) is 11.4. The van der Waals surface area contributed by atoms with Crippen molar-refractivity contribution < 1.29 is 23.4 Å². The minimum atomic E-state index is -1.25. The lowest BCUT2D eigenvalue weighted by molar-refractivity contribution is -0.156. The van der Waals surface area contributed by atoms with Crippen molar-refractivity contribution in [1.82, 2.24) is 10.6 Å². The Morgan fingerprint density at radius 2 is 2.03 bits per heavy atom. The molecule has 0 amide bonds. The number of para-hydroxylation sites is 2. The standard InChI is InChI=1S/C25H28FN3O4S/c1-31-20-8-3-2-7-19(20)29-22(15-34-24(29)17-5-4-6-18(26)13-17)25(16-28-10-12-33-25)23(30)21-14-27-9-11-32-21/h2-8,13,15,21,24,27-28H,9-12,14,16H2,1H3. The van der Waals surface area contributed by atoms with Crippen LogP contribution in [0.15, 0.2) is 59.6 Å². The minimum absolute atomic E-state index is 0.126. The number of carbonyl (C=O) groups is 1. The van der Waals surface area contributed by atoms with E-state index in [9.17, 15) is 9.18 Å². The minimum Gasteiger partial charge on any atom is -0.495 e. The molecule has 7 nitrogen and oxygen atoms in total. The summed E-state index contributed by atoms with van der Waals surface area (Å²) in [6.45, 7) is 2.98. The predicted molar refractivity (Wildman–Crippen MR) is 129 cm³/mol. The van der Waals surface area contributed by atoms with Crippen LogP contribution in [-0.2, 0) is 14.3 Å². The second kappa shape index (κ2) is 10.1. The molecular weight excluding hydrogens is 457 g/mol. The summed E-state index contributed by atoms with van der Waals surface area (Å²) in [6.07, 6.45) is -0.618. The lowest BCUT2D eigenvalue weighted by atomic mass is 9.87. The molecule has 180 valence electrons. The molecule has 9 heteroatoms. The van der Waals surface area contributed by atoms with Crippen molar-refractivity contribution in [3.63, 3.8) is 0 Å². The van der Waals surface area contributed by atoms with Crippen molar-refractivity contribution in [3.05, 3.63) is 71.0 Å². The topological polar surface area (TPSA) is 72.1 Å². The van der Waals surface area contributed by atoms with Crippen molar-refractivity contribution in [2.24, 2.45) is 0 Å². The highest BCUT2D eigenvalue weighted by atomic mass is 32.2. The number of ether oxygens (including phenoxy) is 3. The molecule has 2 aromatic carbocycles. The van der Waals surface area contributed by atoms with Gasteiger partial charge >= 0.3 is 0 Å². The average Bonchev–Trinajstić information content (AvgIpc) is 3.35. The van der Waals surface area contributed by atoms with E-state index in [1.54, 1.807) is 13.2 Å². The van der Waals surface area contributed by atoms with E-state index in [0.717, 1.165) is 11.3 Å². The Morgan fingerprint density at radius 3 is 2.76 bits per heavy atom. The third kappa shape index (κ3) is 4.23. The van der Waals surface area contributed by atoms with Gasteiger partial charge in [-0.2, -0.15) is 0 Å². The Kier molecular flexibility index (Phi) is 6.89. The lowest BCUT2D eigenvalue weighted by Gasteiger charge is -2.44. The van der Waals surface area contributed by atoms with E-state index in [1.165, 1.54) is 23.9 Å². The molecule has 3 aliphatic heterocycles. The molecule has 0 saturated carbocycles. The number of ketones is 1. The summed E-state index contributed by atoms with van der Waals surface area (Å²) < 4.78 is 32.1. The van der Waals surface area contributed by atoms with Gasteiger partial charge in [0.25, 0.3) is 0 Å². The number of benzene rings is 2. The van der Waals surface area contributed by atoms with E-state index < -0.39 is 11.7 Å². The summed E-state index contributed by atoms with van der Waals surface area (Å²) in [5, 5.41) is 8.25. The Bertz CT molecular complexity index is 1070. The molecular formula is C25H28FN3O4S. The van der Waals surface area contributed by atoms with E-state index >= 15 is 0 Å². The van der Waals surface area contributed by atoms with Crippen LogP contribution in [0.1, 0.15) is 10.9 Å². The summed E-state index contributed by atoms with van der Waals surface area (Å²) in [4.78, 5) is 16.0. The Labute approximate surface area is 202 Å². The maximum Gasteiger partial charge on any atom is 0.201 e. The SMILES string of the molecule is COc1ccccc1N1C(C2(C(=O)C3CNCCO3)CNCCO2)=CSC1c1cccc(F)c1. The van der Waals surface area contributed by atoms with Gasteiger partial charge in [-0.05, 0) is 35.2 Å². The van der Waals surface area contributed by atoms with Crippen molar-refractivity contribution >= 4 is 23.2 Å². The highest BCUT2D eigenvalue weighted by Gasteiger charge is 2.53. The number of rotatable bonds is 6. The first-order chi connectivity index (χ1) is 16.6. The monoisotopic (exact) mass is 485 g/mol. The van der Waals surface area contributed by atoms with Gasteiger partial charge in [-0.25, -0.2) is 4.39 Å². The molecule has 34 heavy (non-hydrogen) atoms. The highest BCUT2D eigenvalue weighted by Crippen LogP contribution is 2.52. The molecule has 2 N–H and O–H groups in total. The van der Waals surface area contributed by atoms with Crippen molar-refractivity contribution in [1.29, 1.82) is 0 Å². The van der Waals surface area contributed by atoms with E-state index in [-0.39, 0.29) is 17.0 Å². The van der Waals surface area contributed by atoms with Gasteiger partial charge < -0.3 is 29.7 Å². The van der Waals surface area contributed by atoms with Gasteiger partial charge in [0.05, 0.1) is 31.7 Å². The van der Waals surface area contributed by atoms with Crippen LogP contribution in [0, 0.1) is 5.82 Å². The van der Waals surface area contributed by atoms with E-state index in [2.05, 4.69) is 10.6 Å². The molecule has 5 rings (SSSR count). The molecule has 0 radical (unpaired) electrons. The normalized spacial score (nSPS) is 27.4. The Hall–Kier alpha value is -2.43. The third-order valence-corrected chi connectivity index (χ3v) is 7.41. The third-order valence-electron chi connectivity index (χ3n) is 6.31. The van der Waals surface area contributed by atoms with Gasteiger partial charge in [-0.15, -0.1) is 11.8 Å². The largest absolute Gasteiger partial charge is 0.495 e. The zero-order valence-corrected chi connectivity index (χ0v) is 19.8. The number of methoxy groups -OCH3 is 1. The molecule has 0 bridgehead atoms. The fourth-order valence-electron chi connectivity index (χ4n) is 4.69. The number of halogens is 1. The Morgan fingerprint density at radius 1 is 1.18 bits per heavy atom. The van der Waals surface area contributed by atoms with Crippen molar-refractivity contribution in [3.8, 4) is 5.75 Å². The van der Waals surface area contributed by atoms with Crippen LogP contribution >= 0.6 is 11.8 Å². The number of Topliss-reactive ketones (excluding diaryl/α,β-unsaturated/α-hetero) is 1. The maximum atomic E-state index is 14.2. The van der Waals surface area contributed by atoms with Gasteiger partial charge in [0.1, 0.15) is 23.0 Å². The second-order valence-electron chi connectivity index (χ2n) is 8.37. The maximum absolute atomic E-state index is 14.2. The fraction of sp³-hybridized carbons (Fsp3) is 0.400. The molecule has 3 aliphatic rings. The van der Waals surface area contributed by atoms with Crippen LogP contribution in [0.25, 0.3) is 0 Å². The Balaban J connectivity index is 1.61. The van der Waals surface area contributed by atoms with Gasteiger partial charge in [-0.1, -0.05) is 24.3 Å². The first kappa shape index (κ1) is 23.3. The quantitative estimate of drug-likeness (QED) is 0.648. The summed E-state index contributed by atoms with van der Waals surface area (Å²) in [6, 6.07) is 14.2. The molecule has 3 heterocycles. The van der Waals surface area contributed by atoms with Crippen LogP contribution < -0.4 is 20.3 Å². The van der Waals surface area contributed by atoms with E-state index in [1.807, 2.05) is 40.6 Å². The number of nitrogens with one attached hydrogen (secondary N) is 2. The summed E-state index contributed by atoms with van der Waals surface area (Å²) in [5.74, 6) is 0.215. The van der Waals surface area contributed by atoms with Crippen LogP contribution in [0.5, 0.6) is 5.75 Å². The van der Waals surface area contributed by atoms with Crippen LogP contribution in [0.4, 0.5) is 10.1 Å². The van der Waals surface area contributed by atoms with Gasteiger partial charge in [0.2, 0.25) is 5.78 Å². The molecule has 2 fully saturated rings. The summed E-state index contributed by atoms with van der Waals surface area (Å²) >= 11 is 1.52. The molecule has 3 unspecified atom stereocenters. The molecule has 2 aromatic rings. The number of hydrogen-bond donors (Lipinski definition) is 2. The molecule has 0 aromatic heterocycles. The lowest BCUT2D eigenvalue weighted by Crippen LogP contribution is -2.63.